The molecular weight excluding hydrogens is 214 g/mol. The Morgan fingerprint density at radius 1 is 1.47 bits per heavy atom. The van der Waals surface area contributed by atoms with Crippen LogP contribution < -0.4 is 5.32 Å². The van der Waals surface area contributed by atoms with E-state index in [0.29, 0.717) is 11.6 Å². The molecule has 2 atom stereocenters. The van der Waals surface area contributed by atoms with Gasteiger partial charge in [0.25, 0.3) is 5.91 Å². The molecule has 0 aliphatic carbocycles. The topological polar surface area (TPSA) is 45.2 Å². The molecule has 92 valence electrons. The molecule has 1 aliphatic rings. The summed E-state index contributed by atoms with van der Waals surface area (Å²) in [6.07, 6.45) is 1.66. The molecule has 1 amide bonds. The van der Waals surface area contributed by atoms with Gasteiger partial charge in [-0.25, -0.2) is 0 Å². The summed E-state index contributed by atoms with van der Waals surface area (Å²) in [6, 6.07) is 4.32. The van der Waals surface area contributed by atoms with E-state index in [0.717, 1.165) is 18.8 Å². The highest BCUT2D eigenvalue weighted by atomic mass is 16.2. The number of pyridine rings is 1. The van der Waals surface area contributed by atoms with Gasteiger partial charge in [0.2, 0.25) is 0 Å². The average molecular weight is 233 g/mol. The summed E-state index contributed by atoms with van der Waals surface area (Å²) in [5.41, 5.74) is 1.61. The summed E-state index contributed by atoms with van der Waals surface area (Å²) in [5.74, 6) is 0.0818. The van der Waals surface area contributed by atoms with Crippen LogP contribution in [0, 0.1) is 6.92 Å². The van der Waals surface area contributed by atoms with Gasteiger partial charge in [-0.15, -0.1) is 0 Å². The molecule has 0 radical (unpaired) electrons. The molecule has 0 spiro atoms. The molecule has 1 aromatic rings. The van der Waals surface area contributed by atoms with E-state index in [1.54, 1.807) is 6.20 Å². The second-order valence-corrected chi connectivity index (χ2v) is 4.80. The number of nitrogens with one attached hydrogen (secondary N) is 1. The third-order valence-corrected chi connectivity index (χ3v) is 3.18. The van der Waals surface area contributed by atoms with E-state index in [9.17, 15) is 4.79 Å². The van der Waals surface area contributed by atoms with Gasteiger partial charge in [0.1, 0.15) is 0 Å². The normalized spacial score (nSPS) is 24.8. The standard InChI is InChI=1S/C13H19N3O/c1-9-4-5-12(7-15-9)13(17)16-8-10(2)14-6-11(16)3/h4-5,7,10-11,14H,6,8H2,1-3H3. The number of hydrogen-bond donors (Lipinski definition) is 1. The van der Waals surface area contributed by atoms with E-state index >= 15 is 0 Å². The maximum absolute atomic E-state index is 12.3. The first kappa shape index (κ1) is 12.0. The number of aryl methyl sites for hydroxylation is 1. The zero-order valence-electron chi connectivity index (χ0n) is 10.6. The van der Waals surface area contributed by atoms with Gasteiger partial charge in [-0.05, 0) is 32.9 Å². The zero-order chi connectivity index (χ0) is 12.4. The van der Waals surface area contributed by atoms with Gasteiger partial charge < -0.3 is 10.2 Å². The van der Waals surface area contributed by atoms with E-state index in [1.807, 2.05) is 24.0 Å². The Hall–Kier alpha value is -1.42. The third-order valence-electron chi connectivity index (χ3n) is 3.18. The number of piperazine rings is 1. The largest absolute Gasteiger partial charge is 0.333 e. The number of carbonyl (C=O) groups excluding carboxylic acids is 1. The molecule has 0 saturated carbocycles. The number of nitrogens with zero attached hydrogens (tertiary/aromatic N) is 2. The van der Waals surface area contributed by atoms with Crippen molar-refractivity contribution in [2.24, 2.45) is 0 Å². The molecule has 0 aromatic carbocycles. The Balaban J connectivity index is 2.15. The summed E-state index contributed by atoms with van der Waals surface area (Å²) >= 11 is 0. The molecular formula is C13H19N3O. The van der Waals surface area contributed by atoms with E-state index in [4.69, 9.17) is 0 Å². The van der Waals surface area contributed by atoms with Crippen LogP contribution in [0.15, 0.2) is 18.3 Å². The molecule has 17 heavy (non-hydrogen) atoms. The fourth-order valence-corrected chi connectivity index (χ4v) is 2.06. The van der Waals surface area contributed by atoms with E-state index in [2.05, 4.69) is 24.1 Å². The second kappa shape index (κ2) is 4.84. The Morgan fingerprint density at radius 2 is 2.24 bits per heavy atom. The van der Waals surface area contributed by atoms with E-state index < -0.39 is 0 Å². The molecule has 2 rings (SSSR count). The van der Waals surface area contributed by atoms with Gasteiger partial charge in [-0.3, -0.25) is 9.78 Å². The van der Waals surface area contributed by atoms with Crippen molar-refractivity contribution >= 4 is 5.91 Å². The molecule has 1 N–H and O–H groups in total. The quantitative estimate of drug-likeness (QED) is 0.793. The van der Waals surface area contributed by atoms with Gasteiger partial charge in [-0.1, -0.05) is 0 Å². The average Bonchev–Trinajstić information content (AvgIpc) is 2.32. The Morgan fingerprint density at radius 3 is 2.88 bits per heavy atom. The van der Waals surface area contributed by atoms with Crippen LogP contribution in [0.2, 0.25) is 0 Å². The Bertz CT molecular complexity index is 402. The molecule has 0 bridgehead atoms. The van der Waals surface area contributed by atoms with Gasteiger partial charge in [0.05, 0.1) is 5.56 Å². The van der Waals surface area contributed by atoms with Crippen LogP contribution in [0.3, 0.4) is 0 Å². The van der Waals surface area contributed by atoms with Gasteiger partial charge in [0, 0.05) is 37.1 Å². The Labute approximate surface area is 102 Å². The third kappa shape index (κ3) is 2.64. The van der Waals surface area contributed by atoms with Crippen LogP contribution >= 0.6 is 0 Å². The van der Waals surface area contributed by atoms with Crippen molar-refractivity contribution in [1.82, 2.24) is 15.2 Å². The lowest BCUT2D eigenvalue weighted by atomic mass is 10.1. The molecule has 4 heteroatoms. The number of aromatic nitrogens is 1. The molecule has 2 unspecified atom stereocenters. The molecule has 1 aliphatic heterocycles. The van der Waals surface area contributed by atoms with Crippen LogP contribution in [-0.4, -0.2) is 41.0 Å². The molecule has 1 fully saturated rings. The van der Waals surface area contributed by atoms with Gasteiger partial charge in [0.15, 0.2) is 0 Å². The summed E-state index contributed by atoms with van der Waals surface area (Å²) in [5, 5.41) is 3.37. The molecule has 4 nitrogen and oxygen atoms in total. The molecule has 1 aromatic heterocycles. The number of rotatable bonds is 1. The first-order valence-electron chi connectivity index (χ1n) is 6.05. The number of carbonyl (C=O) groups is 1. The number of hydrogen-bond acceptors (Lipinski definition) is 3. The zero-order valence-corrected chi connectivity index (χ0v) is 10.6. The smallest absolute Gasteiger partial charge is 0.255 e. The van der Waals surface area contributed by atoms with Crippen molar-refractivity contribution in [3.8, 4) is 0 Å². The SMILES string of the molecule is Cc1ccc(C(=O)N2CC(C)NCC2C)cn1. The highest BCUT2D eigenvalue weighted by molar-refractivity contribution is 5.94. The fraction of sp³-hybridized carbons (Fsp3) is 0.538. The maximum Gasteiger partial charge on any atom is 0.255 e. The van der Waals surface area contributed by atoms with Crippen molar-refractivity contribution in [3.63, 3.8) is 0 Å². The van der Waals surface area contributed by atoms with Crippen molar-refractivity contribution < 1.29 is 4.79 Å². The van der Waals surface area contributed by atoms with Crippen molar-refractivity contribution in [3.05, 3.63) is 29.6 Å². The first-order valence-corrected chi connectivity index (χ1v) is 6.05. The van der Waals surface area contributed by atoms with Crippen LogP contribution in [0.1, 0.15) is 29.9 Å². The van der Waals surface area contributed by atoms with Crippen LogP contribution in [0.5, 0.6) is 0 Å². The van der Waals surface area contributed by atoms with E-state index in [1.165, 1.54) is 0 Å². The lowest BCUT2D eigenvalue weighted by Crippen LogP contribution is -2.56. The minimum atomic E-state index is 0.0818. The van der Waals surface area contributed by atoms with Crippen molar-refractivity contribution in [2.45, 2.75) is 32.9 Å². The fourth-order valence-electron chi connectivity index (χ4n) is 2.06. The van der Waals surface area contributed by atoms with Crippen LogP contribution in [0.25, 0.3) is 0 Å². The number of amides is 1. The maximum atomic E-state index is 12.3. The first-order chi connectivity index (χ1) is 8.08. The van der Waals surface area contributed by atoms with Crippen LogP contribution in [-0.2, 0) is 0 Å². The predicted octanol–water partition coefficient (Wildman–Crippen LogP) is 1.21. The van der Waals surface area contributed by atoms with E-state index in [-0.39, 0.29) is 11.9 Å². The minimum Gasteiger partial charge on any atom is -0.333 e. The summed E-state index contributed by atoms with van der Waals surface area (Å²) in [7, 11) is 0. The van der Waals surface area contributed by atoms with Gasteiger partial charge in [-0.2, -0.15) is 0 Å². The Kier molecular flexibility index (Phi) is 3.43. The second-order valence-electron chi connectivity index (χ2n) is 4.80. The summed E-state index contributed by atoms with van der Waals surface area (Å²) in [6.45, 7) is 7.70. The molecule has 2 heterocycles. The van der Waals surface area contributed by atoms with Crippen molar-refractivity contribution in [1.29, 1.82) is 0 Å². The van der Waals surface area contributed by atoms with Crippen molar-refractivity contribution in [2.75, 3.05) is 13.1 Å². The lowest BCUT2D eigenvalue weighted by Gasteiger charge is -2.37. The summed E-state index contributed by atoms with van der Waals surface area (Å²) in [4.78, 5) is 18.4. The van der Waals surface area contributed by atoms with Gasteiger partial charge >= 0.3 is 0 Å². The van der Waals surface area contributed by atoms with Crippen LogP contribution in [0.4, 0.5) is 0 Å². The molecule has 1 saturated heterocycles. The highest BCUT2D eigenvalue weighted by Crippen LogP contribution is 2.12. The summed E-state index contributed by atoms with van der Waals surface area (Å²) < 4.78 is 0. The monoisotopic (exact) mass is 233 g/mol. The minimum absolute atomic E-state index is 0.0818. The highest BCUT2D eigenvalue weighted by Gasteiger charge is 2.27. The lowest BCUT2D eigenvalue weighted by molar-refractivity contribution is 0.0616. The predicted molar refractivity (Wildman–Crippen MR) is 66.9 cm³/mol.